The van der Waals surface area contributed by atoms with Crippen LogP contribution < -0.4 is 11.1 Å². The minimum atomic E-state index is -0.193. The highest BCUT2D eigenvalue weighted by Crippen LogP contribution is 2.34. The molecule has 0 saturated heterocycles. The molecule has 1 amide bonds. The lowest BCUT2D eigenvalue weighted by atomic mass is 9.76. The van der Waals surface area contributed by atoms with Gasteiger partial charge in [-0.2, -0.15) is 0 Å². The van der Waals surface area contributed by atoms with Crippen molar-refractivity contribution in [3.8, 4) is 0 Å². The largest absolute Gasteiger partial charge is 0.382 e. The van der Waals surface area contributed by atoms with Crippen LogP contribution in [-0.4, -0.2) is 22.4 Å². The van der Waals surface area contributed by atoms with Crippen molar-refractivity contribution in [2.24, 2.45) is 5.41 Å². The molecule has 0 spiro atoms. The van der Waals surface area contributed by atoms with E-state index in [-0.39, 0.29) is 22.8 Å². The maximum absolute atomic E-state index is 11.9. The van der Waals surface area contributed by atoms with E-state index in [1.165, 1.54) is 44.5 Å². The molecule has 1 fully saturated rings. The number of nitrogen functional groups attached to an aromatic ring is 1. The SMILES string of the molecule is CC1(CNC(=O)c2cncc(N)n2)CCCCC1. The summed E-state index contributed by atoms with van der Waals surface area (Å²) < 4.78 is 0. The van der Waals surface area contributed by atoms with E-state index in [2.05, 4.69) is 22.2 Å². The molecule has 98 valence electrons. The Bertz CT molecular complexity index is 427. The van der Waals surface area contributed by atoms with Gasteiger partial charge >= 0.3 is 0 Å². The van der Waals surface area contributed by atoms with Gasteiger partial charge in [0.05, 0.1) is 12.4 Å². The predicted molar refractivity (Wildman–Crippen MR) is 70.0 cm³/mol. The maximum Gasteiger partial charge on any atom is 0.271 e. The summed E-state index contributed by atoms with van der Waals surface area (Å²) in [5.74, 6) is 0.0770. The molecule has 0 unspecified atom stereocenters. The Hall–Kier alpha value is -1.65. The normalized spacial score (nSPS) is 18.3. The van der Waals surface area contributed by atoms with Crippen molar-refractivity contribution in [2.75, 3.05) is 12.3 Å². The van der Waals surface area contributed by atoms with Crippen LogP contribution in [0.4, 0.5) is 5.82 Å². The molecule has 1 aliphatic rings. The number of nitrogens with zero attached hydrogens (tertiary/aromatic N) is 2. The number of nitrogens with two attached hydrogens (primary N) is 1. The summed E-state index contributed by atoms with van der Waals surface area (Å²) in [5.41, 5.74) is 6.02. The number of rotatable bonds is 3. The molecule has 18 heavy (non-hydrogen) atoms. The van der Waals surface area contributed by atoms with E-state index >= 15 is 0 Å². The van der Waals surface area contributed by atoms with Crippen LogP contribution in [0, 0.1) is 5.41 Å². The molecule has 0 bridgehead atoms. The fourth-order valence-corrected chi connectivity index (χ4v) is 2.46. The molecule has 1 saturated carbocycles. The average Bonchev–Trinajstić information content (AvgIpc) is 2.37. The molecule has 5 nitrogen and oxygen atoms in total. The lowest BCUT2D eigenvalue weighted by molar-refractivity contribution is 0.0914. The van der Waals surface area contributed by atoms with Gasteiger partial charge in [0.2, 0.25) is 0 Å². The highest BCUT2D eigenvalue weighted by molar-refractivity contribution is 5.92. The first-order valence-corrected chi connectivity index (χ1v) is 6.45. The number of nitrogens with one attached hydrogen (secondary N) is 1. The molecular formula is C13H20N4O. The monoisotopic (exact) mass is 248 g/mol. The van der Waals surface area contributed by atoms with Crippen LogP contribution in [0.3, 0.4) is 0 Å². The van der Waals surface area contributed by atoms with E-state index in [0.717, 1.165) is 0 Å². The summed E-state index contributed by atoms with van der Waals surface area (Å²) in [6, 6.07) is 0. The molecule has 1 aromatic heterocycles. The minimum Gasteiger partial charge on any atom is -0.382 e. The molecule has 0 atom stereocenters. The molecule has 0 aromatic carbocycles. The fraction of sp³-hybridized carbons (Fsp3) is 0.615. The van der Waals surface area contributed by atoms with Gasteiger partial charge < -0.3 is 11.1 Å². The number of aromatic nitrogens is 2. The van der Waals surface area contributed by atoms with Crippen molar-refractivity contribution in [1.82, 2.24) is 15.3 Å². The lowest BCUT2D eigenvalue weighted by Gasteiger charge is -2.33. The highest BCUT2D eigenvalue weighted by atomic mass is 16.1. The van der Waals surface area contributed by atoms with Crippen LogP contribution in [0.25, 0.3) is 0 Å². The van der Waals surface area contributed by atoms with Gasteiger partial charge in [-0.3, -0.25) is 9.78 Å². The number of carbonyl (C=O) groups is 1. The Kier molecular flexibility index (Phi) is 3.79. The fourth-order valence-electron chi connectivity index (χ4n) is 2.46. The van der Waals surface area contributed by atoms with E-state index in [9.17, 15) is 4.79 Å². The second kappa shape index (κ2) is 5.33. The van der Waals surface area contributed by atoms with E-state index < -0.39 is 0 Å². The Balaban J connectivity index is 1.92. The van der Waals surface area contributed by atoms with Gasteiger partial charge in [0, 0.05) is 6.54 Å². The average molecular weight is 248 g/mol. The Morgan fingerprint density at radius 1 is 1.39 bits per heavy atom. The summed E-state index contributed by atoms with van der Waals surface area (Å²) >= 11 is 0. The molecule has 0 aliphatic heterocycles. The van der Waals surface area contributed by atoms with Crippen LogP contribution in [0.15, 0.2) is 12.4 Å². The number of hydrogen-bond acceptors (Lipinski definition) is 4. The molecule has 1 heterocycles. The number of amides is 1. The van der Waals surface area contributed by atoms with Crippen molar-refractivity contribution in [3.63, 3.8) is 0 Å². The molecule has 1 aliphatic carbocycles. The van der Waals surface area contributed by atoms with Gasteiger partial charge in [0.25, 0.3) is 5.91 Å². The number of carbonyl (C=O) groups excluding carboxylic acids is 1. The quantitative estimate of drug-likeness (QED) is 0.854. The van der Waals surface area contributed by atoms with E-state index in [0.29, 0.717) is 6.54 Å². The summed E-state index contributed by atoms with van der Waals surface area (Å²) in [6.45, 7) is 2.93. The van der Waals surface area contributed by atoms with Crippen molar-refractivity contribution < 1.29 is 4.79 Å². The van der Waals surface area contributed by atoms with Gasteiger partial charge in [-0.15, -0.1) is 0 Å². The third-order valence-corrected chi connectivity index (χ3v) is 3.62. The minimum absolute atomic E-state index is 0.193. The third-order valence-electron chi connectivity index (χ3n) is 3.62. The van der Waals surface area contributed by atoms with Gasteiger partial charge in [-0.05, 0) is 18.3 Å². The molecule has 0 radical (unpaired) electrons. The zero-order chi connectivity index (χ0) is 13.0. The van der Waals surface area contributed by atoms with Gasteiger partial charge in [0.15, 0.2) is 0 Å². The lowest BCUT2D eigenvalue weighted by Crippen LogP contribution is -2.37. The maximum atomic E-state index is 11.9. The van der Waals surface area contributed by atoms with E-state index in [1.54, 1.807) is 0 Å². The summed E-state index contributed by atoms with van der Waals surface area (Å²) in [5, 5.41) is 2.94. The first kappa shape index (κ1) is 12.8. The van der Waals surface area contributed by atoms with Crippen LogP contribution in [-0.2, 0) is 0 Å². The van der Waals surface area contributed by atoms with Crippen molar-refractivity contribution in [3.05, 3.63) is 18.1 Å². The van der Waals surface area contributed by atoms with Crippen LogP contribution >= 0.6 is 0 Å². The zero-order valence-electron chi connectivity index (χ0n) is 10.8. The number of anilines is 1. The Morgan fingerprint density at radius 3 is 2.78 bits per heavy atom. The third kappa shape index (κ3) is 3.18. The van der Waals surface area contributed by atoms with E-state index in [4.69, 9.17) is 5.73 Å². The second-order valence-corrected chi connectivity index (χ2v) is 5.38. The smallest absolute Gasteiger partial charge is 0.271 e. The topological polar surface area (TPSA) is 80.9 Å². The summed E-state index contributed by atoms with van der Waals surface area (Å²) in [7, 11) is 0. The zero-order valence-corrected chi connectivity index (χ0v) is 10.8. The first-order chi connectivity index (χ1) is 8.59. The molecule has 5 heteroatoms. The Labute approximate surface area is 107 Å². The van der Waals surface area contributed by atoms with Crippen molar-refractivity contribution in [2.45, 2.75) is 39.0 Å². The highest BCUT2D eigenvalue weighted by Gasteiger charge is 2.27. The first-order valence-electron chi connectivity index (χ1n) is 6.45. The standard InChI is InChI=1S/C13H20N4O/c1-13(5-3-2-4-6-13)9-16-12(18)10-7-15-8-11(14)17-10/h7-8H,2-6,9H2,1H3,(H2,14,17)(H,16,18). The predicted octanol–water partition coefficient (Wildman–Crippen LogP) is 1.76. The van der Waals surface area contributed by atoms with Crippen LogP contribution in [0.5, 0.6) is 0 Å². The summed E-state index contributed by atoms with van der Waals surface area (Å²) in [6.07, 6.45) is 9.04. The molecule has 1 aromatic rings. The van der Waals surface area contributed by atoms with E-state index in [1.807, 2.05) is 0 Å². The Morgan fingerprint density at radius 2 is 2.11 bits per heavy atom. The molecular weight excluding hydrogens is 228 g/mol. The van der Waals surface area contributed by atoms with Gasteiger partial charge in [-0.25, -0.2) is 4.98 Å². The van der Waals surface area contributed by atoms with Gasteiger partial charge in [-0.1, -0.05) is 26.2 Å². The van der Waals surface area contributed by atoms with Crippen molar-refractivity contribution >= 4 is 11.7 Å². The molecule has 2 rings (SSSR count). The van der Waals surface area contributed by atoms with Crippen molar-refractivity contribution in [1.29, 1.82) is 0 Å². The summed E-state index contributed by atoms with van der Waals surface area (Å²) in [4.78, 5) is 19.7. The van der Waals surface area contributed by atoms with Crippen LogP contribution in [0.1, 0.15) is 49.5 Å². The van der Waals surface area contributed by atoms with Crippen LogP contribution in [0.2, 0.25) is 0 Å². The number of hydrogen-bond donors (Lipinski definition) is 2. The van der Waals surface area contributed by atoms with Gasteiger partial charge in [0.1, 0.15) is 11.5 Å². The second-order valence-electron chi connectivity index (χ2n) is 5.38. The molecule has 3 N–H and O–H groups in total.